The van der Waals surface area contributed by atoms with Crippen molar-refractivity contribution in [1.29, 1.82) is 0 Å². The van der Waals surface area contributed by atoms with Crippen LogP contribution in [0.5, 0.6) is 5.75 Å². The van der Waals surface area contributed by atoms with Crippen molar-refractivity contribution < 1.29 is 9.53 Å². The Labute approximate surface area is 177 Å². The molecule has 0 bridgehead atoms. The van der Waals surface area contributed by atoms with Crippen molar-refractivity contribution in [2.24, 2.45) is 7.05 Å². The van der Waals surface area contributed by atoms with Crippen molar-refractivity contribution in [3.05, 3.63) is 71.1 Å². The monoisotopic (exact) mass is 420 g/mol. The standard InChI is InChI=1S/C22H20N4O3S/c1-26-21(28)20-19(17(12-23-20)14-7-4-3-5-8-14)25-22(26)30-13-18(27)24-15-9-6-10-16(11-15)29-2/h3-12,23H,13H2,1-2H3,(H,24,27). The van der Waals surface area contributed by atoms with Crippen molar-refractivity contribution in [2.75, 3.05) is 18.2 Å². The van der Waals surface area contributed by atoms with E-state index in [2.05, 4.69) is 15.3 Å². The Bertz CT molecular complexity index is 1260. The molecule has 0 aliphatic rings. The summed E-state index contributed by atoms with van der Waals surface area (Å²) in [5.74, 6) is 0.587. The van der Waals surface area contributed by atoms with E-state index in [4.69, 9.17) is 4.74 Å². The highest BCUT2D eigenvalue weighted by atomic mass is 32.2. The van der Waals surface area contributed by atoms with Gasteiger partial charge in [-0.1, -0.05) is 48.2 Å². The second-order valence-electron chi connectivity index (χ2n) is 6.62. The SMILES string of the molecule is COc1cccc(NC(=O)CSc2nc3c(-c4ccccc4)c[nH]c3c(=O)n2C)c1. The second-order valence-corrected chi connectivity index (χ2v) is 7.56. The number of aromatic nitrogens is 3. The van der Waals surface area contributed by atoms with E-state index in [1.54, 1.807) is 44.6 Å². The van der Waals surface area contributed by atoms with Crippen LogP contribution in [0, 0.1) is 0 Å². The van der Waals surface area contributed by atoms with E-state index in [9.17, 15) is 9.59 Å². The van der Waals surface area contributed by atoms with Gasteiger partial charge < -0.3 is 15.0 Å². The van der Waals surface area contributed by atoms with E-state index >= 15 is 0 Å². The van der Waals surface area contributed by atoms with Crippen LogP contribution in [0.2, 0.25) is 0 Å². The Morgan fingerprint density at radius 2 is 2.00 bits per heavy atom. The van der Waals surface area contributed by atoms with E-state index in [-0.39, 0.29) is 17.2 Å². The summed E-state index contributed by atoms with van der Waals surface area (Å²) in [5.41, 5.74) is 3.33. The summed E-state index contributed by atoms with van der Waals surface area (Å²) in [7, 11) is 3.23. The van der Waals surface area contributed by atoms with Gasteiger partial charge >= 0.3 is 0 Å². The highest BCUT2D eigenvalue weighted by molar-refractivity contribution is 7.99. The Kier molecular flexibility index (Phi) is 5.58. The number of hydrogen-bond donors (Lipinski definition) is 2. The summed E-state index contributed by atoms with van der Waals surface area (Å²) in [5, 5.41) is 3.31. The third-order valence-corrected chi connectivity index (χ3v) is 5.67. The van der Waals surface area contributed by atoms with Crippen molar-refractivity contribution in [2.45, 2.75) is 5.16 Å². The van der Waals surface area contributed by atoms with Gasteiger partial charge in [0.2, 0.25) is 5.91 Å². The van der Waals surface area contributed by atoms with Crippen LogP contribution in [0.3, 0.4) is 0 Å². The molecule has 0 saturated heterocycles. The normalized spacial score (nSPS) is 10.9. The largest absolute Gasteiger partial charge is 0.497 e. The van der Waals surface area contributed by atoms with Gasteiger partial charge in [-0.3, -0.25) is 14.2 Å². The number of thioether (sulfide) groups is 1. The number of nitrogens with one attached hydrogen (secondary N) is 2. The Morgan fingerprint density at radius 1 is 1.20 bits per heavy atom. The highest BCUT2D eigenvalue weighted by Crippen LogP contribution is 2.27. The average molecular weight is 420 g/mol. The maximum Gasteiger partial charge on any atom is 0.278 e. The van der Waals surface area contributed by atoms with Gasteiger partial charge in [0, 0.05) is 30.6 Å². The van der Waals surface area contributed by atoms with Crippen molar-refractivity contribution in [3.8, 4) is 16.9 Å². The number of rotatable bonds is 6. The third kappa shape index (κ3) is 3.95. The predicted molar refractivity (Wildman–Crippen MR) is 119 cm³/mol. The fraction of sp³-hybridized carbons (Fsp3) is 0.136. The minimum Gasteiger partial charge on any atom is -0.497 e. The molecule has 0 fully saturated rings. The van der Waals surface area contributed by atoms with Gasteiger partial charge in [-0.2, -0.15) is 0 Å². The summed E-state index contributed by atoms with van der Waals surface area (Å²) >= 11 is 1.22. The molecule has 30 heavy (non-hydrogen) atoms. The number of amides is 1. The summed E-state index contributed by atoms with van der Waals surface area (Å²) in [4.78, 5) is 32.9. The Hall–Kier alpha value is -3.52. The van der Waals surface area contributed by atoms with Gasteiger partial charge in [0.25, 0.3) is 5.56 Å². The molecule has 2 N–H and O–H groups in total. The molecule has 4 rings (SSSR count). The lowest BCUT2D eigenvalue weighted by Crippen LogP contribution is -2.21. The van der Waals surface area contributed by atoms with Crippen molar-refractivity contribution >= 4 is 34.4 Å². The molecule has 1 amide bonds. The molecule has 0 saturated carbocycles. The van der Waals surface area contributed by atoms with Crippen molar-refractivity contribution in [1.82, 2.24) is 14.5 Å². The quantitative estimate of drug-likeness (QED) is 0.367. The molecular formula is C22H20N4O3S. The summed E-state index contributed by atoms with van der Waals surface area (Å²) in [6.45, 7) is 0. The first kappa shape index (κ1) is 19.8. The van der Waals surface area contributed by atoms with Crippen LogP contribution in [-0.2, 0) is 11.8 Å². The first-order valence-corrected chi connectivity index (χ1v) is 10.3. The van der Waals surface area contributed by atoms with E-state index in [1.807, 2.05) is 30.3 Å². The van der Waals surface area contributed by atoms with Crippen LogP contribution in [0.25, 0.3) is 22.2 Å². The molecule has 2 aromatic carbocycles. The molecule has 0 radical (unpaired) electrons. The topological polar surface area (TPSA) is 89.0 Å². The molecule has 0 aliphatic heterocycles. The number of nitrogens with zero attached hydrogens (tertiary/aromatic N) is 2. The average Bonchev–Trinajstić information content (AvgIpc) is 3.20. The summed E-state index contributed by atoms with van der Waals surface area (Å²) in [6.07, 6.45) is 1.79. The molecule has 7 nitrogen and oxygen atoms in total. The zero-order valence-corrected chi connectivity index (χ0v) is 17.3. The second kappa shape index (κ2) is 8.46. The number of methoxy groups -OCH3 is 1. The zero-order valence-electron chi connectivity index (χ0n) is 16.5. The Morgan fingerprint density at radius 3 is 2.77 bits per heavy atom. The van der Waals surface area contributed by atoms with E-state index in [0.717, 1.165) is 11.1 Å². The lowest BCUT2D eigenvalue weighted by Gasteiger charge is -2.09. The van der Waals surface area contributed by atoms with Crippen LogP contribution in [-0.4, -0.2) is 33.3 Å². The fourth-order valence-corrected chi connectivity index (χ4v) is 3.88. The van der Waals surface area contributed by atoms with Gasteiger partial charge in [0.1, 0.15) is 16.8 Å². The number of anilines is 1. The van der Waals surface area contributed by atoms with E-state index in [1.165, 1.54) is 16.3 Å². The number of hydrogen-bond acceptors (Lipinski definition) is 5. The maximum absolute atomic E-state index is 12.8. The number of carbonyl (C=O) groups is 1. The molecule has 0 atom stereocenters. The Balaban J connectivity index is 1.57. The molecule has 2 aromatic heterocycles. The van der Waals surface area contributed by atoms with Crippen LogP contribution in [0.15, 0.2) is 70.7 Å². The minimum atomic E-state index is -0.194. The molecule has 0 aliphatic carbocycles. The molecule has 4 aromatic rings. The number of carbonyl (C=O) groups excluding carboxylic acids is 1. The van der Waals surface area contributed by atoms with E-state index < -0.39 is 0 Å². The molecule has 152 valence electrons. The first-order valence-electron chi connectivity index (χ1n) is 9.27. The number of aromatic amines is 1. The summed E-state index contributed by atoms with van der Waals surface area (Å²) < 4.78 is 6.62. The molecule has 8 heteroatoms. The molecular weight excluding hydrogens is 400 g/mol. The van der Waals surface area contributed by atoms with Gasteiger partial charge in [-0.25, -0.2) is 4.98 Å². The summed E-state index contributed by atoms with van der Waals surface area (Å²) in [6, 6.07) is 16.9. The molecule has 0 unspecified atom stereocenters. The first-order chi connectivity index (χ1) is 14.6. The van der Waals surface area contributed by atoms with Crippen molar-refractivity contribution in [3.63, 3.8) is 0 Å². The maximum atomic E-state index is 12.8. The molecule has 0 spiro atoms. The number of benzene rings is 2. The van der Waals surface area contributed by atoms with E-state index in [0.29, 0.717) is 27.6 Å². The number of ether oxygens (including phenoxy) is 1. The smallest absolute Gasteiger partial charge is 0.278 e. The van der Waals surface area contributed by atoms with Crippen LogP contribution in [0.1, 0.15) is 0 Å². The minimum absolute atomic E-state index is 0.119. The van der Waals surface area contributed by atoms with Crippen LogP contribution in [0.4, 0.5) is 5.69 Å². The lowest BCUT2D eigenvalue weighted by molar-refractivity contribution is -0.113. The van der Waals surface area contributed by atoms with Gasteiger partial charge in [-0.05, 0) is 17.7 Å². The third-order valence-electron chi connectivity index (χ3n) is 4.64. The lowest BCUT2D eigenvalue weighted by atomic mass is 10.1. The van der Waals surface area contributed by atoms with Crippen LogP contribution < -0.4 is 15.6 Å². The van der Waals surface area contributed by atoms with Gasteiger partial charge in [0.15, 0.2) is 5.16 Å². The number of fused-ring (bicyclic) bond motifs is 1. The van der Waals surface area contributed by atoms with Gasteiger partial charge in [-0.15, -0.1) is 0 Å². The van der Waals surface area contributed by atoms with Gasteiger partial charge in [0.05, 0.1) is 12.9 Å². The van der Waals surface area contributed by atoms with Crippen LogP contribution >= 0.6 is 11.8 Å². The zero-order chi connectivity index (χ0) is 21.1. The molecule has 2 heterocycles. The predicted octanol–water partition coefficient (Wildman–Crippen LogP) is 3.67. The number of H-pyrrole nitrogens is 1. The highest BCUT2D eigenvalue weighted by Gasteiger charge is 2.16. The fourth-order valence-electron chi connectivity index (χ4n) is 3.11.